The number of aryl methyl sites for hydroxylation is 1. The van der Waals surface area contributed by atoms with Crippen LogP contribution in [0, 0.1) is 8.99 Å². The monoisotopic (exact) mass is 729 g/mol. The van der Waals surface area contributed by atoms with Crippen LogP contribution in [0.3, 0.4) is 0 Å². The fraction of sp³-hybridized carbons (Fsp3) is 0.429. The molecule has 0 saturated carbocycles. The lowest BCUT2D eigenvalue weighted by Gasteiger charge is -2.34. The van der Waals surface area contributed by atoms with Gasteiger partial charge < -0.3 is 14.4 Å². The van der Waals surface area contributed by atoms with Crippen molar-refractivity contribution >= 4 is 44.4 Å². The molecule has 0 bridgehead atoms. The number of phenols is 1. The van der Waals surface area contributed by atoms with E-state index in [9.17, 15) is 5.11 Å². The summed E-state index contributed by atoms with van der Waals surface area (Å²) >= 11 is 2.40. The number of halogens is 1. The maximum Gasteiger partial charge on any atom is 0.147 e. The SMILES string of the molecule is CCCCc1ccc2c3ccc(I)cc3n(-c3cc(C(C)(C)CC(C)(C)C)cc(-c4cc(C(C)(C)C)ccc4OCC)c3O)c2c1. The van der Waals surface area contributed by atoms with Crippen molar-refractivity contribution in [1.82, 2.24) is 4.57 Å². The Kier molecular flexibility index (Phi) is 9.63. The normalized spacial score (nSPS) is 12.8. The van der Waals surface area contributed by atoms with Crippen LogP contribution >= 0.6 is 22.6 Å². The summed E-state index contributed by atoms with van der Waals surface area (Å²) in [6.07, 6.45) is 4.35. The third-order valence-electron chi connectivity index (χ3n) is 9.13. The van der Waals surface area contributed by atoms with E-state index >= 15 is 0 Å². The highest BCUT2D eigenvalue weighted by atomic mass is 127. The van der Waals surface area contributed by atoms with Gasteiger partial charge in [-0.2, -0.15) is 0 Å². The Morgan fingerprint density at radius 3 is 2.02 bits per heavy atom. The van der Waals surface area contributed by atoms with Gasteiger partial charge in [0.15, 0.2) is 0 Å². The van der Waals surface area contributed by atoms with E-state index in [0.717, 1.165) is 59.3 Å². The van der Waals surface area contributed by atoms with Crippen LogP contribution < -0.4 is 4.74 Å². The van der Waals surface area contributed by atoms with Gasteiger partial charge in [0.25, 0.3) is 0 Å². The first-order chi connectivity index (χ1) is 21.5. The highest BCUT2D eigenvalue weighted by Crippen LogP contribution is 2.47. The van der Waals surface area contributed by atoms with Crippen molar-refractivity contribution in [3.05, 3.63) is 87.0 Å². The Hall–Kier alpha value is -2.99. The lowest BCUT2D eigenvalue weighted by Crippen LogP contribution is -2.25. The van der Waals surface area contributed by atoms with Crippen LogP contribution in [0.15, 0.2) is 66.7 Å². The average molecular weight is 730 g/mol. The minimum absolute atomic E-state index is 0.0561. The molecule has 5 aromatic rings. The standard InChI is InChI=1S/C42H52INO2/c1-11-13-14-27-15-18-31-32-19-17-30(43)25-36(32)44(35(31)21-27)37-24-29(42(9,10)26-40(3,4)5)23-34(39(37)45)33-22-28(41(6,7)8)16-20-38(33)46-12-2/h15-25,45H,11-14,26H2,1-10H3. The largest absolute Gasteiger partial charge is 0.505 e. The van der Waals surface area contributed by atoms with Gasteiger partial charge in [-0.1, -0.05) is 93.0 Å². The molecule has 46 heavy (non-hydrogen) atoms. The number of aromatic hydroxyl groups is 1. The zero-order chi connectivity index (χ0) is 33.6. The second kappa shape index (κ2) is 12.9. The van der Waals surface area contributed by atoms with Crippen molar-refractivity contribution in [2.24, 2.45) is 5.41 Å². The Morgan fingerprint density at radius 2 is 1.39 bits per heavy atom. The lowest BCUT2D eigenvalue weighted by atomic mass is 9.71. The van der Waals surface area contributed by atoms with Crippen molar-refractivity contribution < 1.29 is 9.84 Å². The number of phenolic OH excluding ortho intramolecular Hbond substituents is 1. The molecule has 0 aliphatic carbocycles. The van der Waals surface area contributed by atoms with Crippen LogP contribution in [0.25, 0.3) is 38.6 Å². The number of ether oxygens (including phenoxy) is 1. The van der Waals surface area contributed by atoms with Crippen molar-refractivity contribution in [3.63, 3.8) is 0 Å². The molecule has 4 aromatic carbocycles. The molecule has 0 unspecified atom stereocenters. The molecule has 1 heterocycles. The van der Waals surface area contributed by atoms with Crippen molar-refractivity contribution in [2.75, 3.05) is 6.61 Å². The fourth-order valence-corrected chi connectivity index (χ4v) is 7.61. The summed E-state index contributed by atoms with van der Waals surface area (Å²) < 4.78 is 9.72. The van der Waals surface area contributed by atoms with E-state index in [-0.39, 0.29) is 22.0 Å². The van der Waals surface area contributed by atoms with Gasteiger partial charge in [0.1, 0.15) is 11.5 Å². The van der Waals surface area contributed by atoms with Crippen LogP contribution in [-0.4, -0.2) is 16.3 Å². The number of unbranched alkanes of at least 4 members (excludes halogenated alkanes) is 1. The van der Waals surface area contributed by atoms with Gasteiger partial charge in [-0.15, -0.1) is 0 Å². The third-order valence-corrected chi connectivity index (χ3v) is 9.80. The zero-order valence-electron chi connectivity index (χ0n) is 29.6. The number of fused-ring (bicyclic) bond motifs is 3. The summed E-state index contributed by atoms with van der Waals surface area (Å²) in [6, 6.07) is 24.5. The van der Waals surface area contributed by atoms with E-state index in [2.05, 4.69) is 156 Å². The number of hydrogen-bond donors (Lipinski definition) is 1. The van der Waals surface area contributed by atoms with Gasteiger partial charge in [0.2, 0.25) is 0 Å². The van der Waals surface area contributed by atoms with Gasteiger partial charge in [-0.3, -0.25) is 0 Å². The van der Waals surface area contributed by atoms with Gasteiger partial charge in [-0.25, -0.2) is 0 Å². The number of benzene rings is 4. The number of aromatic nitrogens is 1. The van der Waals surface area contributed by atoms with Crippen molar-refractivity contribution in [1.29, 1.82) is 0 Å². The minimum atomic E-state index is -0.150. The number of hydrogen-bond acceptors (Lipinski definition) is 2. The van der Waals surface area contributed by atoms with Crippen LogP contribution in [0.1, 0.15) is 105 Å². The molecular weight excluding hydrogens is 677 g/mol. The fourth-order valence-electron chi connectivity index (χ4n) is 7.14. The zero-order valence-corrected chi connectivity index (χ0v) is 31.7. The van der Waals surface area contributed by atoms with E-state index in [1.807, 2.05) is 6.92 Å². The predicted molar refractivity (Wildman–Crippen MR) is 206 cm³/mol. The van der Waals surface area contributed by atoms with Crippen molar-refractivity contribution in [2.45, 2.75) is 106 Å². The summed E-state index contributed by atoms with van der Waals surface area (Å²) in [4.78, 5) is 0. The first-order valence-electron chi connectivity index (χ1n) is 16.9. The highest BCUT2D eigenvalue weighted by Gasteiger charge is 2.31. The van der Waals surface area contributed by atoms with Crippen molar-refractivity contribution in [3.8, 4) is 28.3 Å². The molecule has 0 radical (unpaired) electrons. The molecular formula is C42H52INO2. The molecule has 0 saturated heterocycles. The van der Waals surface area contributed by atoms with Crippen LogP contribution in [-0.2, 0) is 17.3 Å². The predicted octanol–water partition coefficient (Wildman–Crippen LogP) is 12.5. The molecule has 244 valence electrons. The van der Waals surface area contributed by atoms with E-state index < -0.39 is 0 Å². The smallest absolute Gasteiger partial charge is 0.147 e. The second-order valence-electron chi connectivity index (χ2n) is 15.9. The average Bonchev–Trinajstić information content (AvgIpc) is 3.27. The summed E-state index contributed by atoms with van der Waals surface area (Å²) in [5.74, 6) is 1.07. The molecule has 1 aromatic heterocycles. The molecule has 0 amide bonds. The Labute approximate surface area is 290 Å². The first-order valence-corrected chi connectivity index (χ1v) is 18.0. The van der Waals surface area contributed by atoms with Gasteiger partial charge in [-0.05, 0) is 124 Å². The second-order valence-corrected chi connectivity index (χ2v) is 17.1. The quantitative estimate of drug-likeness (QED) is 0.153. The molecule has 1 N–H and O–H groups in total. The lowest BCUT2D eigenvalue weighted by molar-refractivity contribution is 0.284. The summed E-state index contributed by atoms with van der Waals surface area (Å²) in [6.45, 7) is 23.1. The van der Waals surface area contributed by atoms with Crippen LogP contribution in [0.2, 0.25) is 0 Å². The molecule has 5 rings (SSSR count). The first kappa shape index (κ1) is 34.3. The molecule has 0 aliphatic heterocycles. The van der Waals surface area contributed by atoms with Crippen LogP contribution in [0.5, 0.6) is 11.5 Å². The molecule has 3 nitrogen and oxygen atoms in total. The van der Waals surface area contributed by atoms with E-state index in [0.29, 0.717) is 6.61 Å². The maximum atomic E-state index is 12.5. The third kappa shape index (κ3) is 6.98. The summed E-state index contributed by atoms with van der Waals surface area (Å²) in [7, 11) is 0. The highest BCUT2D eigenvalue weighted by molar-refractivity contribution is 14.1. The van der Waals surface area contributed by atoms with E-state index in [1.165, 1.54) is 31.0 Å². The Morgan fingerprint density at radius 1 is 0.739 bits per heavy atom. The molecule has 0 aliphatic rings. The van der Waals surface area contributed by atoms with Gasteiger partial charge in [0, 0.05) is 25.5 Å². The number of rotatable bonds is 9. The molecule has 4 heteroatoms. The van der Waals surface area contributed by atoms with E-state index in [4.69, 9.17) is 4.74 Å². The van der Waals surface area contributed by atoms with E-state index in [1.54, 1.807) is 0 Å². The number of nitrogens with zero attached hydrogens (tertiary/aromatic N) is 1. The molecule has 0 fully saturated rings. The summed E-state index contributed by atoms with van der Waals surface area (Å²) in [5.41, 5.74) is 8.45. The Bertz CT molecular complexity index is 1880. The Balaban J connectivity index is 1.92. The van der Waals surface area contributed by atoms with Gasteiger partial charge in [0.05, 0.1) is 23.3 Å². The maximum absolute atomic E-state index is 12.5. The minimum Gasteiger partial charge on any atom is -0.505 e. The molecule has 0 atom stereocenters. The van der Waals surface area contributed by atoms with Crippen LogP contribution in [0.4, 0.5) is 0 Å². The van der Waals surface area contributed by atoms with Gasteiger partial charge >= 0.3 is 0 Å². The molecule has 0 spiro atoms. The summed E-state index contributed by atoms with van der Waals surface area (Å²) in [5, 5.41) is 14.9. The topological polar surface area (TPSA) is 34.4 Å².